The Labute approximate surface area is 99.8 Å². The number of rotatable bonds is 3. The van der Waals surface area contributed by atoms with Crippen LogP contribution in [-0.4, -0.2) is 17.0 Å². The molecule has 1 aromatic rings. The molecule has 0 heterocycles. The van der Waals surface area contributed by atoms with Crippen molar-refractivity contribution < 1.29 is 22.9 Å². The third-order valence-corrected chi connectivity index (χ3v) is 2.21. The number of hydrogen-bond acceptors (Lipinski definition) is 3. The minimum Gasteiger partial charge on any atom is -0.342 e. The summed E-state index contributed by atoms with van der Waals surface area (Å²) in [5, 5.41) is 12.1. The number of alkyl halides is 3. The van der Waals surface area contributed by atoms with Crippen LogP contribution >= 0.6 is 0 Å². The van der Waals surface area contributed by atoms with Crippen molar-refractivity contribution in [2.75, 3.05) is 0 Å². The van der Waals surface area contributed by atoms with Gasteiger partial charge in [-0.3, -0.25) is 14.9 Å². The van der Waals surface area contributed by atoms with Gasteiger partial charge in [0.05, 0.1) is 11.0 Å². The fourth-order valence-electron chi connectivity index (χ4n) is 1.25. The number of carbonyl (C=O) groups excluding carboxylic acids is 1. The van der Waals surface area contributed by atoms with E-state index in [0.29, 0.717) is 5.56 Å². The molecule has 0 aliphatic carbocycles. The van der Waals surface area contributed by atoms with E-state index in [1.165, 1.54) is 19.1 Å². The Morgan fingerprint density at radius 3 is 2.22 bits per heavy atom. The molecule has 5 nitrogen and oxygen atoms in total. The highest BCUT2D eigenvalue weighted by atomic mass is 19.4. The quantitative estimate of drug-likeness (QED) is 0.671. The van der Waals surface area contributed by atoms with E-state index in [1.807, 2.05) is 0 Å². The molecule has 1 amide bonds. The zero-order chi connectivity index (χ0) is 13.9. The van der Waals surface area contributed by atoms with E-state index >= 15 is 0 Å². The molecule has 8 heteroatoms. The highest BCUT2D eigenvalue weighted by Gasteiger charge is 2.39. The fraction of sp³-hybridized carbons (Fsp3) is 0.300. The third-order valence-electron chi connectivity index (χ3n) is 2.21. The SMILES string of the molecule is CC(NC(=O)C(F)(F)F)c1ccc([N+](=O)[O-])cc1. The van der Waals surface area contributed by atoms with Crippen LogP contribution < -0.4 is 5.32 Å². The van der Waals surface area contributed by atoms with Crippen LogP contribution in [-0.2, 0) is 4.79 Å². The zero-order valence-corrected chi connectivity index (χ0v) is 9.19. The van der Waals surface area contributed by atoms with Gasteiger partial charge in [-0.05, 0) is 12.5 Å². The van der Waals surface area contributed by atoms with Crippen LogP contribution in [0.1, 0.15) is 18.5 Å². The third kappa shape index (κ3) is 3.44. The van der Waals surface area contributed by atoms with Gasteiger partial charge >= 0.3 is 12.1 Å². The summed E-state index contributed by atoms with van der Waals surface area (Å²) in [6, 6.07) is 4.01. The molecule has 0 saturated carbocycles. The molecule has 0 aliphatic heterocycles. The van der Waals surface area contributed by atoms with Crippen molar-refractivity contribution >= 4 is 11.6 Å². The van der Waals surface area contributed by atoms with E-state index in [4.69, 9.17) is 0 Å². The fourth-order valence-corrected chi connectivity index (χ4v) is 1.25. The van der Waals surface area contributed by atoms with Crippen molar-refractivity contribution in [2.24, 2.45) is 0 Å². The molecule has 0 aliphatic rings. The van der Waals surface area contributed by atoms with Gasteiger partial charge in [-0.25, -0.2) is 0 Å². The largest absolute Gasteiger partial charge is 0.471 e. The molecule has 98 valence electrons. The molecular weight excluding hydrogens is 253 g/mol. The summed E-state index contributed by atoms with van der Waals surface area (Å²) in [6.07, 6.45) is -4.95. The normalized spacial score (nSPS) is 12.9. The van der Waals surface area contributed by atoms with E-state index in [9.17, 15) is 28.1 Å². The number of carbonyl (C=O) groups is 1. The van der Waals surface area contributed by atoms with Crippen LogP contribution in [0.2, 0.25) is 0 Å². The minimum absolute atomic E-state index is 0.173. The van der Waals surface area contributed by atoms with Gasteiger partial charge in [0.25, 0.3) is 5.69 Å². The first kappa shape index (κ1) is 13.9. The molecular formula is C10H9F3N2O3. The summed E-state index contributed by atoms with van der Waals surface area (Å²) in [5.41, 5.74) is 0.172. The second kappa shape index (κ2) is 5.03. The molecule has 1 aromatic carbocycles. The van der Waals surface area contributed by atoms with Gasteiger partial charge in [-0.15, -0.1) is 0 Å². The van der Waals surface area contributed by atoms with E-state index in [1.54, 1.807) is 5.32 Å². The Hall–Kier alpha value is -2.12. The summed E-state index contributed by atoms with van der Waals surface area (Å²) in [7, 11) is 0. The van der Waals surface area contributed by atoms with E-state index < -0.39 is 23.0 Å². The van der Waals surface area contributed by atoms with Crippen LogP contribution in [0.25, 0.3) is 0 Å². The smallest absolute Gasteiger partial charge is 0.342 e. The second-order valence-electron chi connectivity index (χ2n) is 3.54. The molecule has 0 bridgehead atoms. The number of nitro benzene ring substituents is 1. The maximum Gasteiger partial charge on any atom is 0.471 e. The molecule has 0 saturated heterocycles. The summed E-state index contributed by atoms with van der Waals surface area (Å²) < 4.78 is 36.0. The number of non-ortho nitro benzene ring substituents is 1. The number of nitrogens with one attached hydrogen (secondary N) is 1. The van der Waals surface area contributed by atoms with Gasteiger partial charge in [0.2, 0.25) is 0 Å². The van der Waals surface area contributed by atoms with Crippen molar-refractivity contribution in [2.45, 2.75) is 19.1 Å². The van der Waals surface area contributed by atoms with Crippen LogP contribution in [0.5, 0.6) is 0 Å². The van der Waals surface area contributed by atoms with Gasteiger partial charge in [0, 0.05) is 12.1 Å². The van der Waals surface area contributed by atoms with Gasteiger partial charge < -0.3 is 5.32 Å². The van der Waals surface area contributed by atoms with Crippen LogP contribution in [0, 0.1) is 10.1 Å². The Morgan fingerprint density at radius 1 is 1.33 bits per heavy atom. The number of nitrogens with zero attached hydrogens (tertiary/aromatic N) is 1. The van der Waals surface area contributed by atoms with Gasteiger partial charge in [0.15, 0.2) is 0 Å². The van der Waals surface area contributed by atoms with Crippen molar-refractivity contribution in [3.63, 3.8) is 0 Å². The predicted octanol–water partition coefficient (Wildman–Crippen LogP) is 2.33. The molecule has 1 N–H and O–H groups in total. The zero-order valence-electron chi connectivity index (χ0n) is 9.19. The van der Waals surface area contributed by atoms with E-state index in [0.717, 1.165) is 12.1 Å². The van der Waals surface area contributed by atoms with E-state index in [-0.39, 0.29) is 5.69 Å². The highest BCUT2D eigenvalue weighted by molar-refractivity contribution is 5.82. The van der Waals surface area contributed by atoms with Crippen molar-refractivity contribution in [1.29, 1.82) is 0 Å². The maximum absolute atomic E-state index is 12.0. The van der Waals surface area contributed by atoms with Crippen LogP contribution in [0.3, 0.4) is 0 Å². The lowest BCUT2D eigenvalue weighted by Gasteiger charge is -2.15. The molecule has 18 heavy (non-hydrogen) atoms. The molecule has 1 unspecified atom stereocenters. The molecule has 1 rings (SSSR count). The average Bonchev–Trinajstić information content (AvgIpc) is 2.27. The van der Waals surface area contributed by atoms with E-state index in [2.05, 4.69) is 0 Å². The second-order valence-corrected chi connectivity index (χ2v) is 3.54. The average molecular weight is 262 g/mol. The Balaban J connectivity index is 2.76. The number of halogens is 3. The number of benzene rings is 1. The monoisotopic (exact) mass is 262 g/mol. The summed E-state index contributed by atoms with van der Waals surface area (Å²) in [4.78, 5) is 20.4. The number of hydrogen-bond donors (Lipinski definition) is 1. The topological polar surface area (TPSA) is 72.2 Å². The molecule has 1 atom stereocenters. The van der Waals surface area contributed by atoms with Crippen molar-refractivity contribution in [3.8, 4) is 0 Å². The summed E-state index contributed by atoms with van der Waals surface area (Å²) in [6.45, 7) is 1.35. The molecule has 0 radical (unpaired) electrons. The lowest BCUT2D eigenvalue weighted by molar-refractivity contribution is -0.384. The lowest BCUT2D eigenvalue weighted by Crippen LogP contribution is -2.38. The lowest BCUT2D eigenvalue weighted by atomic mass is 10.1. The van der Waals surface area contributed by atoms with Crippen LogP contribution in [0.4, 0.5) is 18.9 Å². The number of nitro groups is 1. The Morgan fingerprint density at radius 2 is 1.83 bits per heavy atom. The summed E-state index contributed by atoms with van der Waals surface area (Å²) >= 11 is 0. The first-order chi connectivity index (χ1) is 8.21. The maximum atomic E-state index is 12.0. The first-order valence-electron chi connectivity index (χ1n) is 4.84. The van der Waals surface area contributed by atoms with Crippen molar-refractivity contribution in [3.05, 3.63) is 39.9 Å². The van der Waals surface area contributed by atoms with Crippen molar-refractivity contribution in [1.82, 2.24) is 5.32 Å². The number of amides is 1. The first-order valence-corrected chi connectivity index (χ1v) is 4.84. The molecule has 0 fully saturated rings. The highest BCUT2D eigenvalue weighted by Crippen LogP contribution is 2.20. The van der Waals surface area contributed by atoms with Gasteiger partial charge in [-0.1, -0.05) is 12.1 Å². The summed E-state index contributed by atoms with van der Waals surface area (Å²) in [5.74, 6) is -2.05. The standard InChI is InChI=1S/C10H9F3N2O3/c1-6(14-9(16)10(11,12)13)7-2-4-8(5-3-7)15(17)18/h2-6H,1H3,(H,14,16). The Kier molecular flexibility index (Phi) is 3.89. The Bertz CT molecular complexity index is 456. The van der Waals surface area contributed by atoms with Crippen LogP contribution in [0.15, 0.2) is 24.3 Å². The van der Waals surface area contributed by atoms with Gasteiger partial charge in [0.1, 0.15) is 0 Å². The molecule has 0 spiro atoms. The minimum atomic E-state index is -4.95. The predicted molar refractivity (Wildman–Crippen MR) is 55.7 cm³/mol. The molecule has 0 aromatic heterocycles. The van der Waals surface area contributed by atoms with Gasteiger partial charge in [-0.2, -0.15) is 13.2 Å².